The van der Waals surface area contributed by atoms with Gasteiger partial charge >= 0.3 is 24.9 Å². The molecule has 1 atom stereocenters. The van der Waals surface area contributed by atoms with Crippen LogP contribution < -0.4 is 14.8 Å². The fourth-order valence-corrected chi connectivity index (χ4v) is 4.02. The summed E-state index contributed by atoms with van der Waals surface area (Å²) >= 11 is 0. The normalized spacial score (nSPS) is 13.8. The van der Waals surface area contributed by atoms with Crippen LogP contribution in [0.1, 0.15) is 30.5 Å². The maximum atomic E-state index is 14.8. The standard InChI is InChI=1S/C28H23F10NO3/c1-15(2)41-22-12-17(8-9-21(22)30)26(14-16-6-4-3-5-7-16,39-25(40)27(35,36)23(31)32)18-10-19(29)13-20(11-18)42-28(37,38)24(33)34/h3-13,15,23-24H,14H2,1-2H3,(H,39,40)/t26-/m1/s1. The van der Waals surface area contributed by atoms with Gasteiger partial charge in [-0.05, 0) is 54.8 Å². The van der Waals surface area contributed by atoms with E-state index in [0.29, 0.717) is 12.1 Å². The van der Waals surface area contributed by atoms with Crippen molar-refractivity contribution in [3.05, 3.63) is 95.1 Å². The fraction of sp³-hybridized carbons (Fsp3) is 0.321. The summed E-state index contributed by atoms with van der Waals surface area (Å²) in [6, 6.07) is 11.3. The first kappa shape index (κ1) is 32.5. The monoisotopic (exact) mass is 611 g/mol. The highest BCUT2D eigenvalue weighted by Crippen LogP contribution is 2.40. The third-order valence-electron chi connectivity index (χ3n) is 5.87. The van der Waals surface area contributed by atoms with Gasteiger partial charge in [0.05, 0.1) is 11.6 Å². The molecule has 1 N–H and O–H groups in total. The van der Waals surface area contributed by atoms with Gasteiger partial charge in [-0.15, -0.1) is 0 Å². The number of halogens is 10. The molecule has 0 aliphatic carbocycles. The number of alkyl halides is 8. The summed E-state index contributed by atoms with van der Waals surface area (Å²) in [5, 5.41) is 1.77. The van der Waals surface area contributed by atoms with Gasteiger partial charge in [0.15, 0.2) is 11.6 Å². The van der Waals surface area contributed by atoms with Crippen molar-refractivity contribution in [3.63, 3.8) is 0 Å². The average Bonchev–Trinajstić information content (AvgIpc) is 2.89. The topological polar surface area (TPSA) is 47.6 Å². The van der Waals surface area contributed by atoms with Crippen molar-refractivity contribution in [1.29, 1.82) is 0 Å². The summed E-state index contributed by atoms with van der Waals surface area (Å²) in [7, 11) is 0. The Morgan fingerprint density at radius 1 is 0.833 bits per heavy atom. The molecule has 14 heteroatoms. The number of hydrogen-bond acceptors (Lipinski definition) is 3. The molecule has 0 saturated carbocycles. The smallest absolute Gasteiger partial charge is 0.461 e. The zero-order valence-corrected chi connectivity index (χ0v) is 21.8. The summed E-state index contributed by atoms with van der Waals surface area (Å²) in [5.41, 5.74) is -3.36. The van der Waals surface area contributed by atoms with Crippen LogP contribution in [0.3, 0.4) is 0 Å². The summed E-state index contributed by atoms with van der Waals surface area (Å²) in [6.07, 6.45) is -15.3. The van der Waals surface area contributed by atoms with Gasteiger partial charge in [0.1, 0.15) is 11.6 Å². The summed E-state index contributed by atoms with van der Waals surface area (Å²) in [5.74, 6) is -12.0. The molecule has 4 nitrogen and oxygen atoms in total. The number of hydrogen-bond donors (Lipinski definition) is 1. The van der Waals surface area contributed by atoms with Crippen LogP contribution in [0.4, 0.5) is 43.9 Å². The van der Waals surface area contributed by atoms with Crippen LogP contribution in [0.2, 0.25) is 0 Å². The Morgan fingerprint density at radius 3 is 2.05 bits per heavy atom. The summed E-state index contributed by atoms with van der Waals surface area (Å²) in [4.78, 5) is 12.7. The highest BCUT2D eigenvalue weighted by atomic mass is 19.3. The van der Waals surface area contributed by atoms with E-state index in [9.17, 15) is 48.7 Å². The third-order valence-corrected chi connectivity index (χ3v) is 5.87. The van der Waals surface area contributed by atoms with Crippen molar-refractivity contribution in [2.45, 2.75) is 56.8 Å². The molecule has 0 saturated heterocycles. The van der Waals surface area contributed by atoms with Crippen LogP contribution in [-0.2, 0) is 16.8 Å². The lowest BCUT2D eigenvalue weighted by Gasteiger charge is -2.38. The zero-order valence-electron chi connectivity index (χ0n) is 21.8. The average molecular weight is 611 g/mol. The zero-order chi connectivity index (χ0) is 31.5. The van der Waals surface area contributed by atoms with E-state index in [1.807, 2.05) is 0 Å². The molecular formula is C28H23F10NO3. The van der Waals surface area contributed by atoms with Crippen molar-refractivity contribution in [1.82, 2.24) is 5.32 Å². The number of nitrogens with one attached hydrogen (secondary N) is 1. The van der Waals surface area contributed by atoms with Gasteiger partial charge in [-0.1, -0.05) is 36.4 Å². The molecule has 0 unspecified atom stereocenters. The Bertz CT molecular complexity index is 1390. The molecule has 0 bridgehead atoms. The first-order valence-electron chi connectivity index (χ1n) is 12.1. The second-order valence-corrected chi connectivity index (χ2v) is 9.40. The van der Waals surface area contributed by atoms with Crippen molar-refractivity contribution in [2.75, 3.05) is 0 Å². The Balaban J connectivity index is 2.38. The molecule has 3 aromatic rings. The van der Waals surface area contributed by atoms with E-state index in [4.69, 9.17) is 4.74 Å². The summed E-state index contributed by atoms with van der Waals surface area (Å²) in [6.45, 7) is 3.02. The van der Waals surface area contributed by atoms with Crippen molar-refractivity contribution >= 4 is 5.91 Å². The van der Waals surface area contributed by atoms with E-state index in [2.05, 4.69) is 4.74 Å². The lowest BCUT2D eigenvalue weighted by atomic mass is 9.77. The van der Waals surface area contributed by atoms with Gasteiger partial charge in [0.25, 0.3) is 5.91 Å². The van der Waals surface area contributed by atoms with E-state index in [-0.39, 0.29) is 17.2 Å². The Morgan fingerprint density at radius 2 is 1.48 bits per heavy atom. The molecule has 0 fully saturated rings. The van der Waals surface area contributed by atoms with Gasteiger partial charge < -0.3 is 14.8 Å². The minimum atomic E-state index is -5.31. The van der Waals surface area contributed by atoms with E-state index in [1.54, 1.807) is 11.4 Å². The molecule has 0 spiro atoms. The molecular weight excluding hydrogens is 588 g/mol. The highest BCUT2D eigenvalue weighted by Gasteiger charge is 2.52. The van der Waals surface area contributed by atoms with E-state index in [0.717, 1.165) is 18.2 Å². The molecule has 0 heterocycles. The van der Waals surface area contributed by atoms with Gasteiger partial charge in [0, 0.05) is 12.5 Å². The Labute approximate surface area is 233 Å². The molecule has 0 radical (unpaired) electrons. The predicted octanol–water partition coefficient (Wildman–Crippen LogP) is 7.49. The molecule has 0 aromatic heterocycles. The van der Waals surface area contributed by atoms with Gasteiger partial charge in [-0.2, -0.15) is 26.3 Å². The van der Waals surface area contributed by atoms with Crippen molar-refractivity contribution in [3.8, 4) is 11.5 Å². The lowest BCUT2D eigenvalue weighted by Crippen LogP contribution is -2.55. The van der Waals surface area contributed by atoms with Gasteiger partial charge in [-0.25, -0.2) is 17.6 Å². The summed E-state index contributed by atoms with van der Waals surface area (Å²) < 4.78 is 147. The van der Waals surface area contributed by atoms with Crippen LogP contribution in [-0.4, -0.2) is 36.9 Å². The van der Waals surface area contributed by atoms with Crippen molar-refractivity contribution < 1.29 is 58.2 Å². The van der Waals surface area contributed by atoms with E-state index in [1.165, 1.54) is 38.1 Å². The number of carbonyl (C=O) groups excluding carboxylic acids is 1. The third kappa shape index (κ3) is 7.26. The molecule has 0 aliphatic heterocycles. The van der Waals surface area contributed by atoms with Gasteiger partial charge in [-0.3, -0.25) is 4.79 Å². The van der Waals surface area contributed by atoms with Crippen LogP contribution >= 0.6 is 0 Å². The Hall–Kier alpha value is -3.97. The predicted molar refractivity (Wildman–Crippen MR) is 130 cm³/mol. The second-order valence-electron chi connectivity index (χ2n) is 9.40. The number of carbonyl (C=O) groups is 1. The number of amides is 1. The van der Waals surface area contributed by atoms with Crippen molar-refractivity contribution in [2.24, 2.45) is 0 Å². The van der Waals surface area contributed by atoms with Crippen LogP contribution in [0, 0.1) is 11.6 Å². The van der Waals surface area contributed by atoms with Crippen LogP contribution in [0.5, 0.6) is 11.5 Å². The molecule has 42 heavy (non-hydrogen) atoms. The van der Waals surface area contributed by atoms with Crippen LogP contribution in [0.15, 0.2) is 66.7 Å². The fourth-order valence-electron chi connectivity index (χ4n) is 4.02. The number of benzene rings is 3. The van der Waals surface area contributed by atoms with Gasteiger partial charge in [0.2, 0.25) is 0 Å². The number of rotatable bonds is 12. The molecule has 3 aromatic carbocycles. The maximum absolute atomic E-state index is 14.8. The quantitative estimate of drug-likeness (QED) is 0.216. The molecule has 0 aliphatic rings. The SMILES string of the molecule is CC(C)Oc1cc([C@@](Cc2ccccc2)(NC(=O)C(F)(F)C(F)F)c2cc(F)cc(OC(F)(F)C(F)F)c2)ccc1F. The molecule has 3 rings (SSSR count). The van der Waals surface area contributed by atoms with Crippen LogP contribution in [0.25, 0.3) is 0 Å². The lowest BCUT2D eigenvalue weighted by molar-refractivity contribution is -0.253. The van der Waals surface area contributed by atoms with E-state index < -0.39 is 77.5 Å². The van der Waals surface area contributed by atoms with E-state index >= 15 is 0 Å². The Kier molecular flexibility index (Phi) is 9.68. The molecule has 1 amide bonds. The highest BCUT2D eigenvalue weighted by molar-refractivity contribution is 5.85. The molecule has 228 valence electrons. The number of ether oxygens (including phenoxy) is 2. The second kappa shape index (κ2) is 12.5. The first-order chi connectivity index (χ1) is 19.5. The maximum Gasteiger partial charge on any atom is 0.461 e. The largest absolute Gasteiger partial charge is 0.488 e. The minimum Gasteiger partial charge on any atom is -0.488 e. The first-order valence-corrected chi connectivity index (χ1v) is 12.1. The minimum absolute atomic E-state index is 0.207.